The molecule has 0 saturated carbocycles. The molecule has 2 aromatic rings. The lowest BCUT2D eigenvalue weighted by atomic mass is 9.98. The smallest absolute Gasteiger partial charge is 0.126 e. The summed E-state index contributed by atoms with van der Waals surface area (Å²) in [5.74, 6) is -0.378. The van der Waals surface area contributed by atoms with Crippen LogP contribution in [0, 0.1) is 18.6 Å². The van der Waals surface area contributed by atoms with Crippen molar-refractivity contribution in [3.8, 4) is 5.75 Å². The number of nitrogens with two attached hydrogens (primary N) is 1. The Morgan fingerprint density at radius 1 is 1.05 bits per heavy atom. The van der Waals surface area contributed by atoms with Gasteiger partial charge in [-0.3, -0.25) is 0 Å². The fourth-order valence-electron chi connectivity index (χ4n) is 2.45. The van der Waals surface area contributed by atoms with Crippen molar-refractivity contribution >= 4 is 0 Å². The Hall–Kier alpha value is -1.94. The van der Waals surface area contributed by atoms with Crippen molar-refractivity contribution in [1.29, 1.82) is 0 Å². The van der Waals surface area contributed by atoms with Crippen molar-refractivity contribution in [1.82, 2.24) is 0 Å². The molecule has 0 fully saturated rings. The average molecular weight is 291 g/mol. The molecule has 0 amide bonds. The summed E-state index contributed by atoms with van der Waals surface area (Å²) in [5.41, 5.74) is 8.79. The first-order chi connectivity index (χ1) is 9.97. The van der Waals surface area contributed by atoms with Gasteiger partial charge >= 0.3 is 0 Å². The van der Waals surface area contributed by atoms with Crippen LogP contribution in [0.4, 0.5) is 8.78 Å². The molecule has 2 aromatic carbocycles. The molecule has 0 saturated heterocycles. The minimum absolute atomic E-state index is 0.234. The fourth-order valence-corrected chi connectivity index (χ4v) is 2.45. The van der Waals surface area contributed by atoms with E-state index < -0.39 is 11.6 Å². The maximum Gasteiger partial charge on any atom is 0.126 e. The number of hydrogen-bond acceptors (Lipinski definition) is 2. The molecule has 4 heteroatoms. The SMILES string of the molecule is COc1ccc(C)cc1CC(N)Cc1cc(F)cc(F)c1. The minimum atomic E-state index is -0.578. The normalized spacial score (nSPS) is 12.2. The summed E-state index contributed by atoms with van der Waals surface area (Å²) in [4.78, 5) is 0. The number of methoxy groups -OCH3 is 1. The summed E-state index contributed by atoms with van der Waals surface area (Å²) >= 11 is 0. The molecule has 0 aliphatic rings. The van der Waals surface area contributed by atoms with E-state index in [0.29, 0.717) is 18.4 Å². The highest BCUT2D eigenvalue weighted by Gasteiger charge is 2.11. The van der Waals surface area contributed by atoms with Crippen LogP contribution in [0.2, 0.25) is 0 Å². The lowest BCUT2D eigenvalue weighted by molar-refractivity contribution is 0.407. The molecule has 2 nitrogen and oxygen atoms in total. The molecule has 0 bridgehead atoms. The van der Waals surface area contributed by atoms with E-state index in [-0.39, 0.29) is 6.04 Å². The van der Waals surface area contributed by atoms with Crippen molar-refractivity contribution in [2.75, 3.05) is 7.11 Å². The lowest BCUT2D eigenvalue weighted by Gasteiger charge is -2.15. The molecule has 1 unspecified atom stereocenters. The Labute approximate surface area is 123 Å². The van der Waals surface area contributed by atoms with Gasteiger partial charge in [-0.25, -0.2) is 8.78 Å². The number of hydrogen-bond donors (Lipinski definition) is 1. The molecular weight excluding hydrogens is 272 g/mol. The first-order valence-electron chi connectivity index (χ1n) is 6.82. The average Bonchev–Trinajstić information content (AvgIpc) is 2.37. The topological polar surface area (TPSA) is 35.2 Å². The fraction of sp³-hybridized carbons (Fsp3) is 0.294. The second-order valence-corrected chi connectivity index (χ2v) is 5.26. The molecule has 1 atom stereocenters. The van der Waals surface area contributed by atoms with E-state index in [1.165, 1.54) is 12.1 Å². The summed E-state index contributed by atoms with van der Waals surface area (Å²) in [5, 5.41) is 0. The van der Waals surface area contributed by atoms with Gasteiger partial charge in [0.1, 0.15) is 17.4 Å². The van der Waals surface area contributed by atoms with Gasteiger partial charge in [-0.1, -0.05) is 17.7 Å². The quantitative estimate of drug-likeness (QED) is 0.916. The van der Waals surface area contributed by atoms with E-state index in [0.717, 1.165) is 22.9 Å². The molecule has 21 heavy (non-hydrogen) atoms. The standard InChI is InChI=1S/C17H19F2NO/c1-11-3-4-17(21-2)13(5-11)9-16(20)8-12-6-14(18)10-15(19)7-12/h3-7,10,16H,8-9,20H2,1-2H3. The van der Waals surface area contributed by atoms with Gasteiger partial charge in [0.2, 0.25) is 0 Å². The first kappa shape index (κ1) is 15.4. The maximum atomic E-state index is 13.2. The minimum Gasteiger partial charge on any atom is -0.496 e. The largest absolute Gasteiger partial charge is 0.496 e. The highest BCUT2D eigenvalue weighted by molar-refractivity contribution is 5.37. The van der Waals surface area contributed by atoms with E-state index in [2.05, 4.69) is 0 Å². The van der Waals surface area contributed by atoms with Gasteiger partial charge in [-0.15, -0.1) is 0 Å². The van der Waals surface area contributed by atoms with E-state index >= 15 is 0 Å². The maximum absolute atomic E-state index is 13.2. The zero-order valence-electron chi connectivity index (χ0n) is 12.2. The van der Waals surface area contributed by atoms with E-state index in [4.69, 9.17) is 10.5 Å². The van der Waals surface area contributed by atoms with E-state index in [1.807, 2.05) is 25.1 Å². The van der Waals surface area contributed by atoms with Crippen LogP contribution in [0.25, 0.3) is 0 Å². The highest BCUT2D eigenvalue weighted by Crippen LogP contribution is 2.22. The third-order valence-corrected chi connectivity index (χ3v) is 3.34. The molecule has 0 aromatic heterocycles. The summed E-state index contributed by atoms with van der Waals surface area (Å²) < 4.78 is 31.7. The molecule has 0 heterocycles. The summed E-state index contributed by atoms with van der Waals surface area (Å²) in [7, 11) is 1.61. The molecule has 0 spiro atoms. The van der Waals surface area contributed by atoms with Crippen LogP contribution in [0.15, 0.2) is 36.4 Å². The van der Waals surface area contributed by atoms with Crippen molar-refractivity contribution in [2.45, 2.75) is 25.8 Å². The number of aryl methyl sites for hydroxylation is 1. The number of rotatable bonds is 5. The molecule has 2 rings (SSSR count). The van der Waals surface area contributed by atoms with Gasteiger partial charge < -0.3 is 10.5 Å². The predicted octanol–water partition coefficient (Wildman–Crippen LogP) is 3.39. The van der Waals surface area contributed by atoms with Gasteiger partial charge in [-0.2, -0.15) is 0 Å². The zero-order chi connectivity index (χ0) is 15.4. The molecule has 112 valence electrons. The van der Waals surface area contributed by atoms with Crippen LogP contribution in [-0.2, 0) is 12.8 Å². The second-order valence-electron chi connectivity index (χ2n) is 5.26. The van der Waals surface area contributed by atoms with E-state index in [1.54, 1.807) is 7.11 Å². The molecule has 0 aliphatic heterocycles. The highest BCUT2D eigenvalue weighted by atomic mass is 19.1. The first-order valence-corrected chi connectivity index (χ1v) is 6.82. The molecular formula is C17H19F2NO. The monoisotopic (exact) mass is 291 g/mol. The van der Waals surface area contributed by atoms with Crippen LogP contribution in [0.3, 0.4) is 0 Å². The second kappa shape index (κ2) is 6.68. The van der Waals surface area contributed by atoms with Crippen molar-refractivity contribution < 1.29 is 13.5 Å². The van der Waals surface area contributed by atoms with Gasteiger partial charge in [0.15, 0.2) is 0 Å². The Morgan fingerprint density at radius 2 is 1.71 bits per heavy atom. The van der Waals surface area contributed by atoms with Crippen LogP contribution in [0.1, 0.15) is 16.7 Å². The van der Waals surface area contributed by atoms with Crippen LogP contribution >= 0.6 is 0 Å². The third kappa shape index (κ3) is 4.26. The van der Waals surface area contributed by atoms with Crippen molar-refractivity contribution in [3.63, 3.8) is 0 Å². The van der Waals surface area contributed by atoms with Gasteiger partial charge in [-0.05, 0) is 49.1 Å². The molecule has 2 N–H and O–H groups in total. The number of benzene rings is 2. The van der Waals surface area contributed by atoms with Gasteiger partial charge in [0, 0.05) is 12.1 Å². The van der Waals surface area contributed by atoms with Crippen molar-refractivity contribution in [3.05, 3.63) is 64.7 Å². The Balaban J connectivity index is 2.11. The van der Waals surface area contributed by atoms with Crippen LogP contribution in [0.5, 0.6) is 5.75 Å². The zero-order valence-corrected chi connectivity index (χ0v) is 12.2. The van der Waals surface area contributed by atoms with Crippen LogP contribution < -0.4 is 10.5 Å². The molecule has 0 radical (unpaired) electrons. The van der Waals surface area contributed by atoms with E-state index in [9.17, 15) is 8.78 Å². The lowest BCUT2D eigenvalue weighted by Crippen LogP contribution is -2.26. The Kier molecular flexibility index (Phi) is 4.91. The van der Waals surface area contributed by atoms with Gasteiger partial charge in [0.05, 0.1) is 7.11 Å². The Morgan fingerprint density at radius 3 is 2.33 bits per heavy atom. The van der Waals surface area contributed by atoms with Crippen LogP contribution in [-0.4, -0.2) is 13.2 Å². The Bertz CT molecular complexity index is 608. The third-order valence-electron chi connectivity index (χ3n) is 3.34. The summed E-state index contributed by atoms with van der Waals surface area (Å²) in [6.45, 7) is 2.00. The van der Waals surface area contributed by atoms with Gasteiger partial charge in [0.25, 0.3) is 0 Å². The number of ether oxygens (including phenoxy) is 1. The molecule has 0 aliphatic carbocycles. The predicted molar refractivity (Wildman–Crippen MR) is 79.5 cm³/mol. The van der Waals surface area contributed by atoms with Crippen molar-refractivity contribution in [2.24, 2.45) is 5.73 Å². The number of halogens is 2. The summed E-state index contributed by atoms with van der Waals surface area (Å²) in [6.07, 6.45) is 0.995. The summed E-state index contributed by atoms with van der Waals surface area (Å²) in [6, 6.07) is 9.15.